The topological polar surface area (TPSA) is 44.8 Å². The van der Waals surface area contributed by atoms with Gasteiger partial charge < -0.3 is 14.2 Å². The summed E-state index contributed by atoms with van der Waals surface area (Å²) in [4.78, 5) is 11.4. The number of rotatable bonds is 0. The lowest BCUT2D eigenvalue weighted by Gasteiger charge is -2.41. The van der Waals surface area contributed by atoms with Crippen LogP contribution in [0.1, 0.15) is 32.1 Å². The minimum Gasteiger partial charge on any atom is -0.455 e. The van der Waals surface area contributed by atoms with E-state index in [9.17, 15) is 4.79 Å². The van der Waals surface area contributed by atoms with E-state index in [0.717, 1.165) is 19.3 Å². The van der Waals surface area contributed by atoms with Gasteiger partial charge in [0.25, 0.3) is 0 Å². The van der Waals surface area contributed by atoms with Crippen LogP contribution < -0.4 is 0 Å². The van der Waals surface area contributed by atoms with Crippen LogP contribution in [-0.2, 0) is 19.0 Å². The fourth-order valence-electron chi connectivity index (χ4n) is 3.09. The predicted molar refractivity (Wildman–Crippen MR) is 55.7 cm³/mol. The molecular formula is C12H16O4. The molecule has 2 heterocycles. The molecule has 2 aliphatic heterocycles. The lowest BCUT2D eigenvalue weighted by molar-refractivity contribution is -0.219. The fraction of sp³-hybridized carbons (Fsp3) is 0.750. The van der Waals surface area contributed by atoms with Crippen molar-refractivity contribution >= 4 is 5.97 Å². The molecule has 16 heavy (non-hydrogen) atoms. The summed E-state index contributed by atoms with van der Waals surface area (Å²) >= 11 is 0. The lowest BCUT2D eigenvalue weighted by atomic mass is 9.78. The second-order valence-electron chi connectivity index (χ2n) is 4.99. The van der Waals surface area contributed by atoms with Gasteiger partial charge in [-0.05, 0) is 12.8 Å². The molecule has 3 fully saturated rings. The standard InChI is InChI=1S/C12H16O4/c1-9-7-11(16-10(9)13)3-2-4-12(8-11)14-5-6-15-12/h1-8H2. The molecule has 1 atom stereocenters. The number of carbonyl (C=O) groups is 1. The number of ether oxygens (including phenoxy) is 3. The van der Waals surface area contributed by atoms with Gasteiger partial charge in [0.05, 0.1) is 13.2 Å². The van der Waals surface area contributed by atoms with E-state index in [1.807, 2.05) is 0 Å². The average Bonchev–Trinajstić information content (AvgIpc) is 2.75. The molecule has 0 aromatic heterocycles. The number of hydrogen-bond donors (Lipinski definition) is 0. The molecule has 2 spiro atoms. The largest absolute Gasteiger partial charge is 0.455 e. The quantitative estimate of drug-likeness (QED) is 0.462. The maximum atomic E-state index is 11.4. The molecule has 0 bridgehead atoms. The van der Waals surface area contributed by atoms with E-state index in [1.54, 1.807) is 0 Å². The zero-order valence-electron chi connectivity index (χ0n) is 9.29. The van der Waals surface area contributed by atoms with E-state index in [-0.39, 0.29) is 5.97 Å². The molecule has 3 rings (SSSR count). The summed E-state index contributed by atoms with van der Waals surface area (Å²) in [5.74, 6) is -0.751. The van der Waals surface area contributed by atoms with E-state index in [2.05, 4.69) is 6.58 Å². The third kappa shape index (κ3) is 1.48. The molecule has 2 saturated heterocycles. The van der Waals surface area contributed by atoms with Crippen LogP contribution in [0.4, 0.5) is 0 Å². The summed E-state index contributed by atoms with van der Waals surface area (Å²) in [6, 6.07) is 0. The predicted octanol–water partition coefficient (Wildman–Crippen LogP) is 1.55. The summed E-state index contributed by atoms with van der Waals surface area (Å²) in [5.41, 5.74) is 0.173. The molecule has 0 N–H and O–H groups in total. The van der Waals surface area contributed by atoms with Crippen molar-refractivity contribution in [2.45, 2.75) is 43.5 Å². The fourth-order valence-corrected chi connectivity index (χ4v) is 3.09. The van der Waals surface area contributed by atoms with Gasteiger partial charge in [-0.1, -0.05) is 6.58 Å². The first-order chi connectivity index (χ1) is 7.63. The van der Waals surface area contributed by atoms with Crippen LogP contribution in [0.15, 0.2) is 12.2 Å². The number of esters is 1. The van der Waals surface area contributed by atoms with Crippen LogP contribution >= 0.6 is 0 Å². The van der Waals surface area contributed by atoms with Gasteiger partial charge in [0, 0.05) is 24.8 Å². The van der Waals surface area contributed by atoms with Crippen LogP contribution in [0.3, 0.4) is 0 Å². The normalized spacial score (nSPS) is 37.2. The third-order valence-electron chi connectivity index (χ3n) is 3.73. The van der Waals surface area contributed by atoms with Crippen molar-refractivity contribution in [1.29, 1.82) is 0 Å². The molecule has 4 nitrogen and oxygen atoms in total. The summed E-state index contributed by atoms with van der Waals surface area (Å²) in [6.45, 7) is 5.03. The van der Waals surface area contributed by atoms with Crippen LogP contribution in [-0.4, -0.2) is 30.6 Å². The van der Waals surface area contributed by atoms with Gasteiger partial charge in [-0.3, -0.25) is 0 Å². The van der Waals surface area contributed by atoms with E-state index in [0.29, 0.717) is 31.6 Å². The van der Waals surface area contributed by atoms with Gasteiger partial charge in [-0.15, -0.1) is 0 Å². The first-order valence-corrected chi connectivity index (χ1v) is 5.82. The van der Waals surface area contributed by atoms with Crippen molar-refractivity contribution in [2.24, 2.45) is 0 Å². The van der Waals surface area contributed by atoms with Crippen LogP contribution in [0.2, 0.25) is 0 Å². The van der Waals surface area contributed by atoms with Crippen molar-refractivity contribution in [2.75, 3.05) is 13.2 Å². The van der Waals surface area contributed by atoms with Gasteiger partial charge in [0.1, 0.15) is 5.60 Å². The van der Waals surface area contributed by atoms with Crippen molar-refractivity contribution in [3.8, 4) is 0 Å². The third-order valence-corrected chi connectivity index (χ3v) is 3.73. The Labute approximate surface area is 94.5 Å². The van der Waals surface area contributed by atoms with Gasteiger partial charge >= 0.3 is 5.97 Å². The molecule has 0 amide bonds. The van der Waals surface area contributed by atoms with E-state index in [1.165, 1.54) is 0 Å². The summed E-state index contributed by atoms with van der Waals surface area (Å²) in [5, 5.41) is 0. The zero-order chi connectivity index (χ0) is 11.2. The van der Waals surface area contributed by atoms with E-state index < -0.39 is 11.4 Å². The highest BCUT2D eigenvalue weighted by molar-refractivity contribution is 5.90. The maximum absolute atomic E-state index is 11.4. The van der Waals surface area contributed by atoms with E-state index in [4.69, 9.17) is 14.2 Å². The Kier molecular flexibility index (Phi) is 2.13. The lowest BCUT2D eigenvalue weighted by Crippen LogP contribution is -2.46. The highest BCUT2D eigenvalue weighted by Gasteiger charge is 2.53. The van der Waals surface area contributed by atoms with Gasteiger partial charge in [-0.25, -0.2) is 4.79 Å². The Balaban J connectivity index is 1.82. The molecule has 88 valence electrons. The second-order valence-corrected chi connectivity index (χ2v) is 4.99. The highest BCUT2D eigenvalue weighted by Crippen LogP contribution is 2.48. The first kappa shape index (κ1) is 10.3. The molecule has 1 saturated carbocycles. The van der Waals surface area contributed by atoms with Crippen molar-refractivity contribution < 1.29 is 19.0 Å². The average molecular weight is 224 g/mol. The molecule has 1 unspecified atom stereocenters. The van der Waals surface area contributed by atoms with E-state index >= 15 is 0 Å². The van der Waals surface area contributed by atoms with Crippen LogP contribution in [0.25, 0.3) is 0 Å². The summed E-state index contributed by atoms with van der Waals surface area (Å²) < 4.78 is 16.9. The first-order valence-electron chi connectivity index (χ1n) is 5.82. The molecule has 0 aromatic rings. The van der Waals surface area contributed by atoms with Crippen molar-refractivity contribution in [1.82, 2.24) is 0 Å². The Morgan fingerprint density at radius 1 is 1.19 bits per heavy atom. The van der Waals surface area contributed by atoms with Gasteiger partial charge in [-0.2, -0.15) is 0 Å². The van der Waals surface area contributed by atoms with Crippen molar-refractivity contribution in [3.63, 3.8) is 0 Å². The smallest absolute Gasteiger partial charge is 0.334 e. The molecule has 1 aliphatic carbocycles. The highest BCUT2D eigenvalue weighted by atomic mass is 16.7. The van der Waals surface area contributed by atoms with Crippen molar-refractivity contribution in [3.05, 3.63) is 12.2 Å². The zero-order valence-corrected chi connectivity index (χ0v) is 9.29. The summed E-state index contributed by atoms with van der Waals surface area (Å²) in [6.07, 6.45) is 4.05. The maximum Gasteiger partial charge on any atom is 0.334 e. The minimum atomic E-state index is -0.497. The Hall–Kier alpha value is -0.870. The molecule has 0 radical (unpaired) electrons. The van der Waals surface area contributed by atoms with Gasteiger partial charge in [0.2, 0.25) is 0 Å². The van der Waals surface area contributed by atoms with Crippen LogP contribution in [0.5, 0.6) is 0 Å². The molecule has 3 aliphatic rings. The Bertz CT molecular complexity index is 325. The van der Waals surface area contributed by atoms with Crippen LogP contribution in [0, 0.1) is 0 Å². The Morgan fingerprint density at radius 3 is 2.56 bits per heavy atom. The molecule has 4 heteroatoms. The molecular weight excluding hydrogens is 208 g/mol. The van der Waals surface area contributed by atoms with Gasteiger partial charge in [0.15, 0.2) is 5.79 Å². The molecule has 0 aromatic carbocycles. The number of hydrogen-bond acceptors (Lipinski definition) is 4. The minimum absolute atomic E-state index is 0.255. The number of carbonyl (C=O) groups excluding carboxylic acids is 1. The SMILES string of the molecule is C=C1CC2(CCCC3(C2)OCCO3)OC1=O. The Morgan fingerprint density at radius 2 is 1.94 bits per heavy atom. The summed E-state index contributed by atoms with van der Waals surface area (Å²) in [7, 11) is 0. The second kappa shape index (κ2) is 3.31. The monoisotopic (exact) mass is 224 g/mol.